The Kier molecular flexibility index (Phi) is 5.66. The van der Waals surface area contributed by atoms with Gasteiger partial charge in [0.2, 0.25) is 0 Å². The van der Waals surface area contributed by atoms with Crippen LogP contribution in [0.1, 0.15) is 23.4 Å². The molecule has 8 nitrogen and oxygen atoms in total. The van der Waals surface area contributed by atoms with Crippen LogP contribution in [0.25, 0.3) is 16.8 Å². The second kappa shape index (κ2) is 8.61. The topological polar surface area (TPSA) is 90.0 Å². The van der Waals surface area contributed by atoms with E-state index in [0.29, 0.717) is 10.8 Å². The fourth-order valence-corrected chi connectivity index (χ4v) is 6.52. The molecule has 10 heteroatoms. The Morgan fingerprint density at radius 2 is 1.97 bits per heavy atom. The standard InChI is InChI=1S/C22H22N4O4S2/c1-32(29)22-18(15-6-8-16(9-7-15)26(27)28)20-21(31-22)19(17-5-4-12-25(17)20)23-30-14-13-24-10-2-3-11-24/h4-9,12H,2-3,10-11,13-14H2,1H3. The SMILES string of the molecule is CS(=O)c1sc2c(c1-c1ccc([N+](=O)[O-])cc1)-n1cccc1C2=NOCCN1CCCC1. The van der Waals surface area contributed by atoms with Crippen LogP contribution >= 0.6 is 11.3 Å². The minimum absolute atomic E-state index is 0.0232. The molecule has 2 aliphatic heterocycles. The quantitative estimate of drug-likeness (QED) is 0.231. The first-order valence-corrected chi connectivity index (χ1v) is 12.8. The summed E-state index contributed by atoms with van der Waals surface area (Å²) < 4.78 is 15.4. The third-order valence-electron chi connectivity index (χ3n) is 5.78. The first-order valence-electron chi connectivity index (χ1n) is 10.4. The summed E-state index contributed by atoms with van der Waals surface area (Å²) in [5.74, 6) is 0. The van der Waals surface area contributed by atoms with Crippen LogP contribution in [0.5, 0.6) is 0 Å². The van der Waals surface area contributed by atoms with Gasteiger partial charge >= 0.3 is 0 Å². The number of hydrogen-bond donors (Lipinski definition) is 0. The number of likely N-dealkylation sites (tertiary alicyclic amines) is 1. The van der Waals surface area contributed by atoms with Crippen LogP contribution in [0.15, 0.2) is 52.0 Å². The molecule has 3 aromatic rings. The number of aromatic nitrogens is 1. The lowest BCUT2D eigenvalue weighted by Gasteiger charge is -2.12. The molecule has 32 heavy (non-hydrogen) atoms. The van der Waals surface area contributed by atoms with E-state index in [0.717, 1.165) is 52.7 Å². The second-order valence-corrected chi connectivity index (χ2v) is 10.4. The monoisotopic (exact) mass is 470 g/mol. The van der Waals surface area contributed by atoms with Gasteiger partial charge in [-0.25, -0.2) is 0 Å². The normalized spacial score (nSPS) is 17.5. The van der Waals surface area contributed by atoms with E-state index in [9.17, 15) is 14.3 Å². The predicted molar refractivity (Wildman–Crippen MR) is 125 cm³/mol. The first kappa shape index (κ1) is 21.0. The van der Waals surface area contributed by atoms with E-state index < -0.39 is 15.7 Å². The lowest BCUT2D eigenvalue weighted by Crippen LogP contribution is -2.23. The van der Waals surface area contributed by atoms with Gasteiger partial charge in [0.15, 0.2) is 0 Å². The van der Waals surface area contributed by atoms with E-state index in [1.165, 1.54) is 36.3 Å². The number of benzene rings is 1. The summed E-state index contributed by atoms with van der Waals surface area (Å²) in [5.41, 5.74) is 4.18. The summed E-state index contributed by atoms with van der Waals surface area (Å²) in [7, 11) is -1.23. The van der Waals surface area contributed by atoms with Crippen LogP contribution in [0.2, 0.25) is 0 Å². The minimum Gasteiger partial charge on any atom is -0.394 e. The van der Waals surface area contributed by atoms with Gasteiger partial charge in [0.25, 0.3) is 5.69 Å². The van der Waals surface area contributed by atoms with Crippen LogP contribution < -0.4 is 0 Å². The van der Waals surface area contributed by atoms with Gasteiger partial charge in [-0.3, -0.25) is 19.2 Å². The highest BCUT2D eigenvalue weighted by Gasteiger charge is 2.34. The molecule has 0 spiro atoms. The molecule has 0 saturated carbocycles. The number of fused-ring (bicyclic) bond motifs is 3. The van der Waals surface area contributed by atoms with Gasteiger partial charge in [0.1, 0.15) is 16.5 Å². The number of nitro groups is 1. The molecule has 1 atom stereocenters. The van der Waals surface area contributed by atoms with Gasteiger partial charge in [0, 0.05) is 36.7 Å². The van der Waals surface area contributed by atoms with Crippen LogP contribution in [-0.4, -0.2) is 56.8 Å². The number of thiophene rings is 1. The smallest absolute Gasteiger partial charge is 0.269 e. The van der Waals surface area contributed by atoms with E-state index in [2.05, 4.69) is 10.1 Å². The van der Waals surface area contributed by atoms with Crippen molar-refractivity contribution in [2.24, 2.45) is 5.16 Å². The molecule has 0 bridgehead atoms. The molecule has 0 amide bonds. The van der Waals surface area contributed by atoms with Crippen molar-refractivity contribution < 1.29 is 14.0 Å². The fourth-order valence-electron chi connectivity index (χ4n) is 4.26. The average molecular weight is 471 g/mol. The number of nitrogens with zero attached hydrogens (tertiary/aromatic N) is 4. The van der Waals surface area contributed by atoms with E-state index in [1.807, 2.05) is 22.9 Å². The molecule has 1 unspecified atom stereocenters. The Balaban J connectivity index is 1.53. The molecule has 5 rings (SSSR count). The van der Waals surface area contributed by atoms with E-state index in [-0.39, 0.29) is 5.69 Å². The average Bonchev–Trinajstić information content (AvgIpc) is 3.54. The lowest BCUT2D eigenvalue weighted by molar-refractivity contribution is -0.384. The molecule has 1 fully saturated rings. The van der Waals surface area contributed by atoms with Crippen LogP contribution in [0, 0.1) is 10.1 Å². The predicted octanol–water partition coefficient (Wildman–Crippen LogP) is 4.03. The van der Waals surface area contributed by atoms with Gasteiger partial charge in [-0.15, -0.1) is 11.3 Å². The Morgan fingerprint density at radius 3 is 2.66 bits per heavy atom. The van der Waals surface area contributed by atoms with Crippen molar-refractivity contribution in [3.63, 3.8) is 0 Å². The third-order valence-corrected chi connectivity index (χ3v) is 8.44. The Morgan fingerprint density at radius 1 is 1.22 bits per heavy atom. The van der Waals surface area contributed by atoms with Crippen molar-refractivity contribution >= 4 is 33.5 Å². The van der Waals surface area contributed by atoms with Gasteiger partial charge in [-0.2, -0.15) is 0 Å². The largest absolute Gasteiger partial charge is 0.394 e. The molecule has 166 valence electrons. The van der Waals surface area contributed by atoms with E-state index >= 15 is 0 Å². The Bertz CT molecular complexity index is 1220. The van der Waals surface area contributed by atoms with Gasteiger partial charge in [-0.05, 0) is 55.8 Å². The maximum Gasteiger partial charge on any atom is 0.269 e. The third kappa shape index (κ3) is 3.68. The summed E-state index contributed by atoms with van der Waals surface area (Å²) in [6.45, 7) is 3.60. The molecule has 1 saturated heterocycles. The molecule has 0 radical (unpaired) electrons. The molecule has 0 aliphatic carbocycles. The molecular weight excluding hydrogens is 448 g/mol. The Labute approximate surface area is 191 Å². The van der Waals surface area contributed by atoms with Crippen molar-refractivity contribution in [1.29, 1.82) is 0 Å². The summed E-state index contributed by atoms with van der Waals surface area (Å²) in [4.78, 5) is 19.6. The van der Waals surface area contributed by atoms with E-state index in [1.54, 1.807) is 18.4 Å². The van der Waals surface area contributed by atoms with Crippen molar-refractivity contribution in [2.45, 2.75) is 17.1 Å². The second-order valence-electron chi connectivity index (χ2n) is 7.79. The summed E-state index contributed by atoms with van der Waals surface area (Å²) in [5, 5.41) is 15.5. The summed E-state index contributed by atoms with van der Waals surface area (Å²) >= 11 is 1.44. The van der Waals surface area contributed by atoms with Crippen molar-refractivity contribution in [2.75, 3.05) is 32.5 Å². The number of non-ortho nitro benzene ring substituents is 1. The fraction of sp³-hybridized carbons (Fsp3) is 0.318. The maximum atomic E-state index is 12.6. The molecule has 2 aliphatic rings. The molecule has 1 aromatic carbocycles. The number of nitro benzene ring substituents is 1. The Hall–Kier alpha value is -2.82. The highest BCUT2D eigenvalue weighted by atomic mass is 32.2. The summed E-state index contributed by atoms with van der Waals surface area (Å²) in [6.07, 6.45) is 6.08. The van der Waals surface area contributed by atoms with Crippen molar-refractivity contribution in [3.05, 3.63) is 63.3 Å². The van der Waals surface area contributed by atoms with Crippen LogP contribution in [-0.2, 0) is 15.6 Å². The molecule has 2 aromatic heterocycles. The summed E-state index contributed by atoms with van der Waals surface area (Å²) in [6, 6.07) is 10.3. The van der Waals surface area contributed by atoms with Gasteiger partial charge in [0.05, 0.1) is 32.0 Å². The zero-order valence-electron chi connectivity index (χ0n) is 17.5. The highest BCUT2D eigenvalue weighted by molar-refractivity contribution is 7.86. The van der Waals surface area contributed by atoms with Crippen molar-refractivity contribution in [3.8, 4) is 16.8 Å². The van der Waals surface area contributed by atoms with E-state index in [4.69, 9.17) is 4.84 Å². The highest BCUT2D eigenvalue weighted by Crippen LogP contribution is 2.46. The van der Waals surface area contributed by atoms with Crippen molar-refractivity contribution in [1.82, 2.24) is 9.47 Å². The minimum atomic E-state index is -1.23. The maximum absolute atomic E-state index is 12.6. The number of hydrogen-bond acceptors (Lipinski definition) is 7. The zero-order valence-corrected chi connectivity index (χ0v) is 19.2. The van der Waals surface area contributed by atoms with Crippen LogP contribution in [0.4, 0.5) is 5.69 Å². The molecule has 4 heterocycles. The first-order chi connectivity index (χ1) is 15.5. The van der Waals surface area contributed by atoms with Gasteiger partial charge < -0.3 is 9.40 Å². The number of rotatable bonds is 7. The molecular formula is C22H22N4O4S2. The van der Waals surface area contributed by atoms with Gasteiger partial charge in [-0.1, -0.05) is 5.16 Å². The van der Waals surface area contributed by atoms with Crippen LogP contribution in [0.3, 0.4) is 0 Å². The lowest BCUT2D eigenvalue weighted by atomic mass is 10.1. The zero-order chi connectivity index (χ0) is 22.2. The number of oxime groups is 1. The molecule has 0 N–H and O–H groups in total.